The molecule has 4 rings (SSSR count). The van der Waals surface area contributed by atoms with E-state index >= 15 is 0 Å². The summed E-state index contributed by atoms with van der Waals surface area (Å²) in [7, 11) is 0. The molecular formula is C20H26N4O2. The van der Waals surface area contributed by atoms with Crippen molar-refractivity contribution in [3.05, 3.63) is 40.6 Å². The van der Waals surface area contributed by atoms with Crippen molar-refractivity contribution >= 4 is 22.3 Å². The number of nitrogens with one attached hydrogen (secondary N) is 1. The number of nitro benzene ring substituents is 1. The molecule has 1 aromatic heterocycles. The number of piperidine rings is 1. The molecule has 2 fully saturated rings. The second-order valence-corrected chi connectivity index (χ2v) is 7.66. The van der Waals surface area contributed by atoms with E-state index < -0.39 is 0 Å². The average Bonchev–Trinajstić information content (AvgIpc) is 3.16. The first-order valence-corrected chi connectivity index (χ1v) is 9.72. The number of rotatable bonds is 5. The number of aromatic nitrogens is 1. The second kappa shape index (κ2) is 7.58. The lowest BCUT2D eigenvalue weighted by Gasteiger charge is -2.34. The van der Waals surface area contributed by atoms with Crippen LogP contribution in [0.2, 0.25) is 0 Å². The molecule has 6 nitrogen and oxygen atoms in total. The van der Waals surface area contributed by atoms with E-state index in [-0.39, 0.29) is 10.6 Å². The van der Waals surface area contributed by atoms with Crippen molar-refractivity contribution in [3.8, 4) is 0 Å². The van der Waals surface area contributed by atoms with Crippen LogP contribution in [-0.4, -0.2) is 40.5 Å². The monoisotopic (exact) mass is 354 g/mol. The zero-order valence-corrected chi connectivity index (χ0v) is 15.1. The number of pyridine rings is 1. The zero-order chi connectivity index (χ0) is 17.9. The molecule has 1 aliphatic carbocycles. The Bertz CT molecular complexity index is 780. The summed E-state index contributed by atoms with van der Waals surface area (Å²) in [6, 6.07) is 7.32. The molecular weight excluding hydrogens is 328 g/mol. The number of hydrogen-bond donors (Lipinski definition) is 1. The molecule has 2 heterocycles. The van der Waals surface area contributed by atoms with Gasteiger partial charge in [-0.05, 0) is 49.8 Å². The Balaban J connectivity index is 1.42. The van der Waals surface area contributed by atoms with Gasteiger partial charge in [0, 0.05) is 37.9 Å². The van der Waals surface area contributed by atoms with Crippen molar-refractivity contribution in [3.63, 3.8) is 0 Å². The van der Waals surface area contributed by atoms with Gasteiger partial charge in [-0.1, -0.05) is 12.8 Å². The molecule has 0 atom stereocenters. The molecule has 1 saturated carbocycles. The number of hydrogen-bond acceptors (Lipinski definition) is 5. The third-order valence-electron chi connectivity index (χ3n) is 5.88. The first-order valence-electron chi connectivity index (χ1n) is 9.72. The summed E-state index contributed by atoms with van der Waals surface area (Å²) in [4.78, 5) is 17.9. The standard InChI is InChI=1S/C20H26N4O2/c25-24(26)19-8-7-18(20-17(19)6-3-11-21-20)22-16-9-12-23(13-10-16)14-15-4-1-2-5-15/h3,6-8,11,15-16,22H,1-2,4-5,9-10,12-14H2. The highest BCUT2D eigenvalue weighted by Crippen LogP contribution is 2.31. The first kappa shape index (κ1) is 17.2. The Kier molecular flexibility index (Phi) is 5.02. The van der Waals surface area contributed by atoms with Crippen molar-refractivity contribution in [1.29, 1.82) is 0 Å². The smallest absolute Gasteiger partial charge is 0.278 e. The maximum absolute atomic E-state index is 11.2. The van der Waals surface area contributed by atoms with Gasteiger partial charge in [0.1, 0.15) is 5.52 Å². The van der Waals surface area contributed by atoms with Crippen molar-refractivity contribution < 1.29 is 4.92 Å². The molecule has 1 N–H and O–H groups in total. The van der Waals surface area contributed by atoms with E-state index in [1.165, 1.54) is 32.2 Å². The Morgan fingerprint density at radius 1 is 1.15 bits per heavy atom. The van der Waals surface area contributed by atoms with Gasteiger partial charge in [-0.3, -0.25) is 15.1 Å². The molecule has 1 aromatic carbocycles. The predicted molar refractivity (Wildman–Crippen MR) is 103 cm³/mol. The summed E-state index contributed by atoms with van der Waals surface area (Å²) in [6.07, 6.45) is 9.53. The lowest BCUT2D eigenvalue weighted by atomic mass is 10.0. The van der Waals surface area contributed by atoms with Gasteiger partial charge in [-0.25, -0.2) is 0 Å². The first-order chi connectivity index (χ1) is 12.7. The van der Waals surface area contributed by atoms with Gasteiger partial charge in [0.15, 0.2) is 0 Å². The number of benzene rings is 1. The van der Waals surface area contributed by atoms with Crippen LogP contribution in [0.3, 0.4) is 0 Å². The van der Waals surface area contributed by atoms with Crippen LogP contribution in [0.15, 0.2) is 30.5 Å². The third-order valence-corrected chi connectivity index (χ3v) is 5.88. The summed E-state index contributed by atoms with van der Waals surface area (Å²) in [5.74, 6) is 0.905. The number of nitro groups is 1. The van der Waals surface area contributed by atoms with Crippen LogP contribution in [0.5, 0.6) is 0 Å². The van der Waals surface area contributed by atoms with Gasteiger partial charge in [-0.15, -0.1) is 0 Å². The molecule has 26 heavy (non-hydrogen) atoms. The quantitative estimate of drug-likeness (QED) is 0.643. The van der Waals surface area contributed by atoms with E-state index in [0.717, 1.165) is 37.5 Å². The van der Waals surface area contributed by atoms with E-state index in [1.54, 1.807) is 30.5 Å². The molecule has 138 valence electrons. The molecule has 2 aliphatic rings. The Morgan fingerprint density at radius 3 is 2.65 bits per heavy atom. The maximum atomic E-state index is 11.2. The summed E-state index contributed by atoms with van der Waals surface area (Å²) < 4.78 is 0. The minimum absolute atomic E-state index is 0.116. The molecule has 0 unspecified atom stereocenters. The van der Waals surface area contributed by atoms with Crippen LogP contribution >= 0.6 is 0 Å². The van der Waals surface area contributed by atoms with Crippen LogP contribution in [0.4, 0.5) is 11.4 Å². The van der Waals surface area contributed by atoms with Gasteiger partial charge in [-0.2, -0.15) is 0 Å². The topological polar surface area (TPSA) is 71.3 Å². The van der Waals surface area contributed by atoms with E-state index in [4.69, 9.17) is 0 Å². The Morgan fingerprint density at radius 2 is 1.92 bits per heavy atom. The predicted octanol–water partition coefficient (Wildman–Crippen LogP) is 4.21. The lowest BCUT2D eigenvalue weighted by molar-refractivity contribution is -0.383. The largest absolute Gasteiger partial charge is 0.380 e. The number of likely N-dealkylation sites (tertiary alicyclic amines) is 1. The minimum Gasteiger partial charge on any atom is -0.380 e. The zero-order valence-electron chi connectivity index (χ0n) is 15.1. The summed E-state index contributed by atoms with van der Waals surface area (Å²) in [6.45, 7) is 3.52. The van der Waals surface area contributed by atoms with Crippen LogP contribution in [0.25, 0.3) is 10.9 Å². The van der Waals surface area contributed by atoms with Crippen LogP contribution < -0.4 is 5.32 Å². The highest BCUT2D eigenvalue weighted by Gasteiger charge is 2.24. The number of anilines is 1. The highest BCUT2D eigenvalue weighted by atomic mass is 16.6. The van der Waals surface area contributed by atoms with Gasteiger partial charge in [0.25, 0.3) is 5.69 Å². The molecule has 0 amide bonds. The molecule has 6 heteroatoms. The Labute approximate surface area is 153 Å². The van der Waals surface area contributed by atoms with Crippen molar-refractivity contribution in [2.24, 2.45) is 5.92 Å². The molecule has 0 bridgehead atoms. The SMILES string of the molecule is O=[N+]([O-])c1ccc(NC2CCN(CC3CCCC3)CC2)c2ncccc12. The minimum atomic E-state index is -0.338. The highest BCUT2D eigenvalue weighted by molar-refractivity contribution is 5.96. The van der Waals surface area contributed by atoms with Gasteiger partial charge < -0.3 is 10.2 Å². The van der Waals surface area contributed by atoms with Crippen LogP contribution in [0, 0.1) is 16.0 Å². The van der Waals surface area contributed by atoms with Crippen molar-refractivity contribution in [2.45, 2.75) is 44.6 Å². The van der Waals surface area contributed by atoms with Gasteiger partial charge in [0.2, 0.25) is 0 Å². The Hall–Kier alpha value is -2.21. The fraction of sp³-hybridized carbons (Fsp3) is 0.550. The fourth-order valence-corrected chi connectivity index (χ4v) is 4.47. The number of non-ortho nitro benzene ring substituents is 1. The van der Waals surface area contributed by atoms with Crippen LogP contribution in [0.1, 0.15) is 38.5 Å². The molecule has 1 aliphatic heterocycles. The molecule has 2 aromatic rings. The summed E-state index contributed by atoms with van der Waals surface area (Å²) in [5.41, 5.74) is 1.71. The molecule has 1 saturated heterocycles. The maximum Gasteiger partial charge on any atom is 0.278 e. The summed E-state index contributed by atoms with van der Waals surface area (Å²) in [5, 5.41) is 15.4. The van der Waals surface area contributed by atoms with Crippen molar-refractivity contribution in [1.82, 2.24) is 9.88 Å². The van der Waals surface area contributed by atoms with E-state index in [9.17, 15) is 10.1 Å². The second-order valence-electron chi connectivity index (χ2n) is 7.66. The summed E-state index contributed by atoms with van der Waals surface area (Å²) >= 11 is 0. The van der Waals surface area contributed by atoms with Crippen molar-refractivity contribution in [2.75, 3.05) is 25.0 Å². The molecule has 0 spiro atoms. The number of fused-ring (bicyclic) bond motifs is 1. The van der Waals surface area contributed by atoms with Gasteiger partial charge >= 0.3 is 0 Å². The van der Waals surface area contributed by atoms with E-state index in [1.807, 2.05) is 0 Å². The van der Waals surface area contributed by atoms with E-state index in [2.05, 4.69) is 15.2 Å². The van der Waals surface area contributed by atoms with Crippen LogP contribution in [-0.2, 0) is 0 Å². The van der Waals surface area contributed by atoms with E-state index in [0.29, 0.717) is 16.9 Å². The fourth-order valence-electron chi connectivity index (χ4n) is 4.47. The molecule has 0 radical (unpaired) electrons. The number of nitrogens with zero attached hydrogens (tertiary/aromatic N) is 3. The average molecular weight is 354 g/mol. The third kappa shape index (κ3) is 3.65. The normalized spacial score (nSPS) is 19.8. The van der Waals surface area contributed by atoms with Gasteiger partial charge in [0.05, 0.1) is 16.0 Å². The lowest BCUT2D eigenvalue weighted by Crippen LogP contribution is -2.41.